The van der Waals surface area contributed by atoms with Gasteiger partial charge in [-0.25, -0.2) is 0 Å². The van der Waals surface area contributed by atoms with E-state index < -0.39 is 0 Å². The molecule has 0 heterocycles. The van der Waals surface area contributed by atoms with Gasteiger partial charge in [0, 0.05) is 19.8 Å². The molecule has 0 aliphatic heterocycles. The second-order valence-electron chi connectivity index (χ2n) is 3.82. The van der Waals surface area contributed by atoms with Crippen molar-refractivity contribution in [2.24, 2.45) is 0 Å². The van der Waals surface area contributed by atoms with Crippen LogP contribution >= 0.6 is 23.2 Å². The maximum absolute atomic E-state index is 6.06. The quantitative estimate of drug-likeness (QED) is 0.744. The first-order valence-electron chi connectivity index (χ1n) is 5.99. The van der Waals surface area contributed by atoms with E-state index in [9.17, 15) is 0 Å². The zero-order valence-corrected chi connectivity index (χ0v) is 12.3. The van der Waals surface area contributed by atoms with Crippen LogP contribution in [0.4, 0.5) is 0 Å². The van der Waals surface area contributed by atoms with Crippen molar-refractivity contribution >= 4 is 23.2 Å². The highest BCUT2D eigenvalue weighted by molar-refractivity contribution is 6.37. The van der Waals surface area contributed by atoms with Crippen LogP contribution in [0.3, 0.4) is 0 Å². The minimum atomic E-state index is 0.526. The maximum atomic E-state index is 6.06. The topological polar surface area (TPSA) is 30.5 Å². The maximum Gasteiger partial charge on any atom is 0.156 e. The summed E-state index contributed by atoms with van der Waals surface area (Å²) in [7, 11) is 1.55. The van der Waals surface area contributed by atoms with E-state index in [0.717, 1.165) is 38.3 Å². The lowest BCUT2D eigenvalue weighted by atomic mass is 10.2. The molecule has 0 fully saturated rings. The van der Waals surface area contributed by atoms with Crippen molar-refractivity contribution in [3.63, 3.8) is 0 Å². The van der Waals surface area contributed by atoms with Crippen molar-refractivity contribution in [2.45, 2.75) is 19.9 Å². The van der Waals surface area contributed by atoms with Crippen LogP contribution in [-0.4, -0.2) is 26.9 Å². The van der Waals surface area contributed by atoms with Gasteiger partial charge in [-0.2, -0.15) is 0 Å². The fourth-order valence-corrected chi connectivity index (χ4v) is 2.27. The molecule has 0 bridgehead atoms. The second kappa shape index (κ2) is 8.59. The normalized spacial score (nSPS) is 10.7. The van der Waals surface area contributed by atoms with Crippen LogP contribution in [0.2, 0.25) is 10.0 Å². The van der Waals surface area contributed by atoms with Gasteiger partial charge in [-0.05, 0) is 37.6 Å². The van der Waals surface area contributed by atoms with Gasteiger partial charge in [0.2, 0.25) is 0 Å². The van der Waals surface area contributed by atoms with Gasteiger partial charge in [-0.3, -0.25) is 0 Å². The molecule has 1 N–H and O–H groups in total. The second-order valence-corrected chi connectivity index (χ2v) is 4.63. The fraction of sp³-hybridized carbons (Fsp3) is 0.538. The average Bonchev–Trinajstić information content (AvgIpc) is 2.33. The van der Waals surface area contributed by atoms with Crippen LogP contribution < -0.4 is 10.1 Å². The number of methoxy groups -OCH3 is 1. The molecule has 0 atom stereocenters. The molecule has 102 valence electrons. The summed E-state index contributed by atoms with van der Waals surface area (Å²) in [6.45, 7) is 5.18. The summed E-state index contributed by atoms with van der Waals surface area (Å²) in [5, 5.41) is 4.39. The number of halogens is 2. The molecule has 1 aromatic rings. The Bertz CT molecular complexity index is 349. The van der Waals surface area contributed by atoms with Gasteiger partial charge in [0.1, 0.15) is 0 Å². The summed E-state index contributed by atoms with van der Waals surface area (Å²) in [4.78, 5) is 0. The Morgan fingerprint density at radius 3 is 2.44 bits per heavy atom. The third-order valence-corrected chi connectivity index (χ3v) is 3.00. The summed E-state index contributed by atoms with van der Waals surface area (Å²) >= 11 is 12.1. The highest BCUT2D eigenvalue weighted by Gasteiger charge is 2.08. The van der Waals surface area contributed by atoms with E-state index in [-0.39, 0.29) is 0 Å². The predicted octanol–water partition coefficient (Wildman–Crippen LogP) is 3.52. The van der Waals surface area contributed by atoms with Crippen LogP contribution in [0.5, 0.6) is 5.75 Å². The molecule has 5 heteroatoms. The Morgan fingerprint density at radius 2 is 1.89 bits per heavy atom. The number of rotatable bonds is 8. The summed E-state index contributed by atoms with van der Waals surface area (Å²) < 4.78 is 10.4. The van der Waals surface area contributed by atoms with Crippen LogP contribution in [0.25, 0.3) is 0 Å². The largest absolute Gasteiger partial charge is 0.494 e. The molecule has 0 spiro atoms. The van der Waals surface area contributed by atoms with E-state index in [1.807, 2.05) is 19.1 Å². The van der Waals surface area contributed by atoms with E-state index in [0.29, 0.717) is 15.8 Å². The highest BCUT2D eigenvalue weighted by Crippen LogP contribution is 2.33. The number of hydrogen-bond donors (Lipinski definition) is 1. The van der Waals surface area contributed by atoms with Crippen molar-refractivity contribution in [3.8, 4) is 5.75 Å². The summed E-state index contributed by atoms with van der Waals surface area (Å²) in [5.41, 5.74) is 1.04. The summed E-state index contributed by atoms with van der Waals surface area (Å²) in [6.07, 6.45) is 0.992. The third kappa shape index (κ3) is 5.02. The smallest absolute Gasteiger partial charge is 0.156 e. The molecule has 18 heavy (non-hydrogen) atoms. The molecule has 0 aliphatic carbocycles. The molecular formula is C13H19Cl2NO2. The van der Waals surface area contributed by atoms with Crippen molar-refractivity contribution in [3.05, 3.63) is 27.7 Å². The van der Waals surface area contributed by atoms with Crippen molar-refractivity contribution in [2.75, 3.05) is 26.9 Å². The molecule has 1 aromatic carbocycles. The minimum absolute atomic E-state index is 0.526. The van der Waals surface area contributed by atoms with Gasteiger partial charge in [-0.15, -0.1) is 0 Å². The lowest BCUT2D eigenvalue weighted by Crippen LogP contribution is -2.16. The van der Waals surface area contributed by atoms with Crippen LogP contribution in [0.15, 0.2) is 12.1 Å². The van der Waals surface area contributed by atoms with Gasteiger partial charge in [0.05, 0.1) is 17.2 Å². The third-order valence-electron chi connectivity index (χ3n) is 2.44. The Balaban J connectivity index is 2.39. The zero-order chi connectivity index (χ0) is 13.4. The van der Waals surface area contributed by atoms with Crippen molar-refractivity contribution < 1.29 is 9.47 Å². The van der Waals surface area contributed by atoms with Crippen LogP contribution in [-0.2, 0) is 11.3 Å². The molecule has 3 nitrogen and oxygen atoms in total. The zero-order valence-electron chi connectivity index (χ0n) is 10.8. The van der Waals surface area contributed by atoms with Crippen LogP contribution in [0.1, 0.15) is 18.9 Å². The molecule has 0 aromatic heterocycles. The first-order chi connectivity index (χ1) is 8.69. The van der Waals surface area contributed by atoms with E-state index in [1.54, 1.807) is 7.11 Å². The summed E-state index contributed by atoms with van der Waals surface area (Å²) in [6, 6.07) is 3.73. The van der Waals surface area contributed by atoms with Crippen LogP contribution in [0, 0.1) is 0 Å². The van der Waals surface area contributed by atoms with Gasteiger partial charge in [-0.1, -0.05) is 23.2 Å². The Kier molecular flexibility index (Phi) is 7.44. The number of ether oxygens (including phenoxy) is 2. The first kappa shape index (κ1) is 15.6. The van der Waals surface area contributed by atoms with Gasteiger partial charge < -0.3 is 14.8 Å². The van der Waals surface area contributed by atoms with E-state index in [2.05, 4.69) is 5.32 Å². The van der Waals surface area contributed by atoms with Crippen molar-refractivity contribution in [1.29, 1.82) is 0 Å². The van der Waals surface area contributed by atoms with Gasteiger partial charge in [0.25, 0.3) is 0 Å². The molecule has 0 amide bonds. The number of hydrogen-bond acceptors (Lipinski definition) is 3. The molecule has 0 aliphatic rings. The lowest BCUT2D eigenvalue weighted by molar-refractivity contribution is 0.144. The number of nitrogens with one attached hydrogen (secondary N) is 1. The SMILES string of the molecule is CCOCCCNCc1cc(Cl)c(OC)c(Cl)c1. The summed E-state index contributed by atoms with van der Waals surface area (Å²) in [5.74, 6) is 0.526. The first-order valence-corrected chi connectivity index (χ1v) is 6.75. The van der Waals surface area contributed by atoms with E-state index in [4.69, 9.17) is 32.7 Å². The molecular weight excluding hydrogens is 273 g/mol. The predicted molar refractivity (Wildman–Crippen MR) is 75.8 cm³/mol. The van der Waals surface area contributed by atoms with Gasteiger partial charge >= 0.3 is 0 Å². The number of benzene rings is 1. The monoisotopic (exact) mass is 291 g/mol. The molecule has 0 unspecified atom stereocenters. The highest BCUT2D eigenvalue weighted by atomic mass is 35.5. The molecule has 0 saturated carbocycles. The Hall–Kier alpha value is -0.480. The average molecular weight is 292 g/mol. The molecule has 0 radical (unpaired) electrons. The minimum Gasteiger partial charge on any atom is -0.494 e. The van der Waals surface area contributed by atoms with Gasteiger partial charge in [0.15, 0.2) is 5.75 Å². The molecule has 0 saturated heterocycles. The van der Waals surface area contributed by atoms with E-state index >= 15 is 0 Å². The fourth-order valence-electron chi connectivity index (χ4n) is 1.59. The Labute approximate surface area is 118 Å². The van der Waals surface area contributed by atoms with E-state index in [1.165, 1.54) is 0 Å². The Morgan fingerprint density at radius 1 is 1.22 bits per heavy atom. The molecule has 1 rings (SSSR count). The standard InChI is InChI=1S/C13H19Cl2NO2/c1-3-18-6-4-5-16-9-10-7-11(14)13(17-2)12(15)8-10/h7-8,16H,3-6,9H2,1-2H3. The lowest BCUT2D eigenvalue weighted by Gasteiger charge is -2.09. The van der Waals surface area contributed by atoms with Crippen molar-refractivity contribution in [1.82, 2.24) is 5.32 Å².